The van der Waals surface area contributed by atoms with Gasteiger partial charge in [-0.1, -0.05) is 48.2 Å². The number of carbonyl (C=O) groups is 2. The standard InChI is InChI=1S/C10H12N2O2S.C9H9ClO2.CH4N2S.CH4O.ClH/c1-14-9(13)8-5-3-2-4-7(8)6-15-10(11)12;1-12-9(11)8-5-3-2-4-7(8)6-10;2-1(3)4;1-2;/h2-5H,6H2,1H3,(H3,11,12);2-5H,6H2,1H3;(H4,2,3,4);2H,1H3;1H. The van der Waals surface area contributed by atoms with Crippen LogP contribution < -0.4 is 17.2 Å². The van der Waals surface area contributed by atoms with Crippen LogP contribution in [0.25, 0.3) is 0 Å². The fourth-order valence-electron chi connectivity index (χ4n) is 2.06. The van der Waals surface area contributed by atoms with Crippen molar-refractivity contribution in [2.45, 2.75) is 11.6 Å². The number of benzene rings is 2. The summed E-state index contributed by atoms with van der Waals surface area (Å²) in [4.78, 5) is 22.5. The molecule has 0 aliphatic heterocycles. The van der Waals surface area contributed by atoms with Gasteiger partial charge in [0.1, 0.15) is 0 Å². The van der Waals surface area contributed by atoms with Crippen LogP contribution in [0.2, 0.25) is 0 Å². The molecule has 0 aromatic heterocycles. The summed E-state index contributed by atoms with van der Waals surface area (Å²) >= 11 is 10.9. The Balaban J connectivity index is -0.000000455. The number of hydrogen-bond acceptors (Lipinski definition) is 8. The molecule has 0 atom stereocenters. The van der Waals surface area contributed by atoms with E-state index in [0.29, 0.717) is 22.8 Å². The first-order valence-electron chi connectivity index (χ1n) is 9.02. The van der Waals surface area contributed by atoms with E-state index in [1.807, 2.05) is 18.2 Å². The molecule has 2 aromatic rings. The zero-order valence-corrected chi connectivity index (χ0v) is 22.2. The van der Waals surface area contributed by atoms with Gasteiger partial charge in [0.2, 0.25) is 0 Å². The molecule has 0 unspecified atom stereocenters. The van der Waals surface area contributed by atoms with Gasteiger partial charge in [-0.05, 0) is 35.5 Å². The highest BCUT2D eigenvalue weighted by atomic mass is 35.5. The normalized spacial score (nSPS) is 8.50. The van der Waals surface area contributed by atoms with Gasteiger partial charge in [0, 0.05) is 18.7 Å². The highest BCUT2D eigenvalue weighted by Gasteiger charge is 2.11. The van der Waals surface area contributed by atoms with E-state index in [1.54, 1.807) is 30.3 Å². The lowest BCUT2D eigenvalue weighted by atomic mass is 10.1. The fraction of sp³-hybridized carbons (Fsp3) is 0.238. The van der Waals surface area contributed by atoms with Gasteiger partial charge >= 0.3 is 11.9 Å². The number of halogens is 2. The van der Waals surface area contributed by atoms with E-state index >= 15 is 0 Å². The Morgan fingerprint density at radius 2 is 1.29 bits per heavy atom. The van der Waals surface area contributed by atoms with E-state index in [1.165, 1.54) is 26.0 Å². The molecule has 0 spiro atoms. The van der Waals surface area contributed by atoms with Crippen molar-refractivity contribution in [3.63, 3.8) is 0 Å². The van der Waals surface area contributed by atoms with E-state index < -0.39 is 0 Å². The number of methoxy groups -OCH3 is 2. The molecule has 9 nitrogen and oxygen atoms in total. The van der Waals surface area contributed by atoms with Gasteiger partial charge in [-0.15, -0.1) is 24.0 Å². The maximum Gasteiger partial charge on any atom is 0.338 e. The number of thiocarbonyl (C=S) groups is 1. The van der Waals surface area contributed by atoms with Crippen LogP contribution in [-0.2, 0) is 21.1 Å². The molecule has 190 valence electrons. The number of alkyl halides is 1. The molecular formula is C21H30Cl2N4O5S2. The lowest BCUT2D eigenvalue weighted by molar-refractivity contribution is 0.0591. The van der Waals surface area contributed by atoms with E-state index in [2.05, 4.69) is 33.2 Å². The molecule has 13 heteroatoms. The molecule has 0 bridgehead atoms. The van der Waals surface area contributed by atoms with E-state index in [9.17, 15) is 9.59 Å². The molecule has 0 amide bonds. The summed E-state index contributed by atoms with van der Waals surface area (Å²) in [7, 11) is 3.70. The first-order valence-corrected chi connectivity index (χ1v) is 11.0. The van der Waals surface area contributed by atoms with Crippen LogP contribution in [-0.4, -0.2) is 48.7 Å². The van der Waals surface area contributed by atoms with Gasteiger partial charge in [-0.2, -0.15) is 0 Å². The molecule has 2 aromatic carbocycles. The fourth-order valence-corrected chi connectivity index (χ4v) is 2.85. The second-order valence-electron chi connectivity index (χ2n) is 5.49. The number of hydrogen-bond donors (Lipinski definition) is 5. The summed E-state index contributed by atoms with van der Waals surface area (Å²) in [6, 6.07) is 14.2. The van der Waals surface area contributed by atoms with Crippen molar-refractivity contribution in [3.8, 4) is 0 Å². The second kappa shape index (κ2) is 22.2. The molecule has 0 heterocycles. The summed E-state index contributed by atoms with van der Waals surface area (Å²) in [5, 5.41) is 14.1. The topological polar surface area (TPSA) is 175 Å². The van der Waals surface area contributed by atoms with Gasteiger partial charge in [0.15, 0.2) is 10.3 Å². The van der Waals surface area contributed by atoms with Crippen LogP contribution in [0.5, 0.6) is 0 Å². The number of aliphatic hydroxyl groups excluding tert-OH is 1. The van der Waals surface area contributed by atoms with Crippen molar-refractivity contribution in [2.24, 2.45) is 17.2 Å². The SMILES string of the molecule is CO.COC(=O)c1ccccc1CCl.COC(=O)c1ccccc1CSC(=N)N.Cl.NC(N)=S. The Hall–Kier alpha value is -2.57. The number of nitrogens with one attached hydrogen (secondary N) is 1. The van der Waals surface area contributed by atoms with E-state index in [0.717, 1.165) is 18.2 Å². The maximum atomic E-state index is 11.4. The van der Waals surface area contributed by atoms with Crippen LogP contribution in [0, 0.1) is 5.41 Å². The van der Waals surface area contributed by atoms with Crippen molar-refractivity contribution in [3.05, 3.63) is 70.8 Å². The van der Waals surface area contributed by atoms with Crippen LogP contribution in [0.15, 0.2) is 48.5 Å². The summed E-state index contributed by atoms with van der Waals surface area (Å²) in [5.74, 6) is 0.118. The average molecular weight is 554 g/mol. The molecule has 0 radical (unpaired) electrons. The minimum absolute atomic E-state index is 0. The predicted octanol–water partition coefficient (Wildman–Crippen LogP) is 3.03. The quantitative estimate of drug-likeness (QED) is 0.122. The largest absolute Gasteiger partial charge is 0.465 e. The molecule has 0 saturated carbocycles. The number of aliphatic hydroxyl groups is 1. The van der Waals surface area contributed by atoms with Crippen LogP contribution >= 0.6 is 48.0 Å². The number of carbonyl (C=O) groups excluding carboxylic acids is 2. The number of ether oxygens (including phenoxy) is 2. The third-order valence-corrected chi connectivity index (χ3v) is 4.43. The molecule has 8 N–H and O–H groups in total. The Bertz CT molecular complexity index is 901. The Kier molecular flexibility index (Phi) is 23.5. The number of rotatable bonds is 5. The Morgan fingerprint density at radius 1 is 0.941 bits per heavy atom. The van der Waals surface area contributed by atoms with Crippen LogP contribution in [0.4, 0.5) is 0 Å². The van der Waals surface area contributed by atoms with Crippen molar-refractivity contribution < 1.29 is 24.2 Å². The first-order chi connectivity index (χ1) is 15.7. The Labute approximate surface area is 220 Å². The van der Waals surface area contributed by atoms with E-state index in [4.69, 9.17) is 27.9 Å². The van der Waals surface area contributed by atoms with Crippen LogP contribution in [0.3, 0.4) is 0 Å². The molecule has 0 fully saturated rings. The van der Waals surface area contributed by atoms with Gasteiger partial charge in [0.25, 0.3) is 0 Å². The number of nitrogens with two attached hydrogens (primary N) is 3. The zero-order chi connectivity index (χ0) is 25.8. The molecule has 0 aliphatic rings. The number of amidine groups is 1. The Morgan fingerprint density at radius 3 is 1.65 bits per heavy atom. The van der Waals surface area contributed by atoms with Gasteiger partial charge < -0.3 is 31.8 Å². The summed E-state index contributed by atoms with van der Waals surface area (Å²) in [5.41, 5.74) is 17.1. The molecule has 0 saturated heterocycles. The monoisotopic (exact) mass is 552 g/mol. The number of thioether (sulfide) groups is 1. The zero-order valence-electron chi connectivity index (χ0n) is 18.9. The highest BCUT2D eigenvalue weighted by molar-refractivity contribution is 8.13. The van der Waals surface area contributed by atoms with Gasteiger partial charge in [-0.25, -0.2) is 9.59 Å². The lowest BCUT2D eigenvalue weighted by Gasteiger charge is -2.06. The van der Waals surface area contributed by atoms with Gasteiger partial charge in [-0.3, -0.25) is 5.41 Å². The predicted molar refractivity (Wildman–Crippen MR) is 145 cm³/mol. The number of esters is 2. The summed E-state index contributed by atoms with van der Waals surface area (Å²) < 4.78 is 9.23. The minimum Gasteiger partial charge on any atom is -0.465 e. The second-order valence-corrected chi connectivity index (χ2v) is 7.24. The third-order valence-electron chi connectivity index (χ3n) is 3.37. The lowest BCUT2D eigenvalue weighted by Crippen LogP contribution is -2.18. The molecule has 0 aliphatic carbocycles. The minimum atomic E-state index is -0.366. The first kappa shape index (κ1) is 36.0. The molecule has 34 heavy (non-hydrogen) atoms. The highest BCUT2D eigenvalue weighted by Crippen LogP contribution is 2.17. The summed E-state index contributed by atoms with van der Waals surface area (Å²) in [6.45, 7) is 0. The van der Waals surface area contributed by atoms with Crippen molar-refractivity contribution in [2.75, 3.05) is 21.3 Å². The molecule has 2 rings (SSSR count). The summed E-state index contributed by atoms with van der Waals surface area (Å²) in [6.07, 6.45) is 0. The molecular weight excluding hydrogens is 523 g/mol. The average Bonchev–Trinajstić information content (AvgIpc) is 2.83. The van der Waals surface area contributed by atoms with Crippen molar-refractivity contribution in [1.82, 2.24) is 0 Å². The smallest absolute Gasteiger partial charge is 0.338 e. The van der Waals surface area contributed by atoms with Gasteiger partial charge in [0.05, 0.1) is 25.3 Å². The maximum absolute atomic E-state index is 11.4. The van der Waals surface area contributed by atoms with E-state index in [-0.39, 0.29) is 34.6 Å². The van der Waals surface area contributed by atoms with Crippen LogP contribution in [0.1, 0.15) is 31.8 Å². The third kappa shape index (κ3) is 16.1. The van der Waals surface area contributed by atoms with Crippen molar-refractivity contribution in [1.29, 1.82) is 5.41 Å². The van der Waals surface area contributed by atoms with Crippen molar-refractivity contribution >= 4 is 70.2 Å².